The number of nitrogens with zero attached hydrogens (tertiary/aromatic N) is 8. The predicted molar refractivity (Wildman–Crippen MR) is 107 cm³/mol. The van der Waals surface area contributed by atoms with Crippen LogP contribution in [0.2, 0.25) is 0 Å². The van der Waals surface area contributed by atoms with E-state index in [4.69, 9.17) is 0 Å². The number of hydrogen-bond acceptors (Lipinski definition) is 8. The van der Waals surface area contributed by atoms with Crippen molar-refractivity contribution in [3.05, 3.63) is 36.4 Å². The van der Waals surface area contributed by atoms with Crippen LogP contribution in [0.1, 0.15) is 17.3 Å². The fourth-order valence-corrected chi connectivity index (χ4v) is 3.61. The smallest absolute Gasteiger partial charge is 0.257 e. The van der Waals surface area contributed by atoms with Gasteiger partial charge in [0.05, 0.1) is 5.56 Å². The van der Waals surface area contributed by atoms with Crippen LogP contribution in [-0.2, 0) is 0 Å². The third-order valence-electron chi connectivity index (χ3n) is 5.39. The zero-order chi connectivity index (χ0) is 19.3. The molecule has 2 saturated heterocycles. The summed E-state index contributed by atoms with van der Waals surface area (Å²) in [5, 5.41) is 0. The van der Waals surface area contributed by atoms with E-state index in [1.807, 2.05) is 4.90 Å². The van der Waals surface area contributed by atoms with Crippen molar-refractivity contribution >= 4 is 17.8 Å². The van der Waals surface area contributed by atoms with Crippen molar-refractivity contribution in [3.8, 4) is 0 Å². The summed E-state index contributed by atoms with van der Waals surface area (Å²) in [5.41, 5.74) is 0.542. The van der Waals surface area contributed by atoms with Gasteiger partial charge in [-0.25, -0.2) is 19.9 Å². The molecule has 0 N–H and O–H groups in total. The molecule has 2 aliphatic heterocycles. The number of amides is 1. The Bertz CT molecular complexity index is 768. The average Bonchev–Trinajstić information content (AvgIpc) is 2.79. The first kappa shape index (κ1) is 18.5. The molecule has 2 aliphatic rings. The summed E-state index contributed by atoms with van der Waals surface area (Å²) in [7, 11) is 0. The van der Waals surface area contributed by atoms with Gasteiger partial charge in [0.25, 0.3) is 5.91 Å². The van der Waals surface area contributed by atoms with Crippen molar-refractivity contribution in [1.82, 2.24) is 29.7 Å². The number of anilines is 2. The summed E-state index contributed by atoms with van der Waals surface area (Å²) < 4.78 is 0. The van der Waals surface area contributed by atoms with E-state index in [-0.39, 0.29) is 5.91 Å². The Morgan fingerprint density at radius 2 is 1.36 bits per heavy atom. The van der Waals surface area contributed by atoms with E-state index in [1.165, 1.54) is 0 Å². The van der Waals surface area contributed by atoms with Crippen LogP contribution in [0.15, 0.2) is 30.9 Å². The van der Waals surface area contributed by atoms with E-state index in [0.717, 1.165) is 45.8 Å². The Kier molecular flexibility index (Phi) is 5.61. The second kappa shape index (κ2) is 8.47. The molecule has 2 aromatic rings. The summed E-state index contributed by atoms with van der Waals surface area (Å²) in [6, 6.07) is 1.80. The highest BCUT2D eigenvalue weighted by molar-refractivity contribution is 5.93. The molecule has 0 bridgehead atoms. The van der Waals surface area contributed by atoms with Crippen LogP contribution >= 0.6 is 0 Å². The van der Waals surface area contributed by atoms with E-state index in [9.17, 15) is 4.79 Å². The molecule has 0 aromatic carbocycles. The van der Waals surface area contributed by atoms with Gasteiger partial charge >= 0.3 is 0 Å². The van der Waals surface area contributed by atoms with Gasteiger partial charge < -0.3 is 19.6 Å². The highest BCUT2D eigenvalue weighted by atomic mass is 16.2. The van der Waals surface area contributed by atoms with Gasteiger partial charge in [0.15, 0.2) is 0 Å². The molecule has 148 valence electrons. The lowest BCUT2D eigenvalue weighted by Crippen LogP contribution is -2.49. The van der Waals surface area contributed by atoms with Gasteiger partial charge in [-0.2, -0.15) is 0 Å². The Morgan fingerprint density at radius 1 is 0.821 bits per heavy atom. The molecule has 9 heteroatoms. The Hall–Kier alpha value is -2.81. The predicted octanol–water partition coefficient (Wildman–Crippen LogP) is 0.371. The monoisotopic (exact) mass is 382 g/mol. The first-order valence-electron chi connectivity index (χ1n) is 9.85. The third-order valence-corrected chi connectivity index (χ3v) is 5.39. The fraction of sp³-hybridized carbons (Fsp3) is 0.526. The molecule has 28 heavy (non-hydrogen) atoms. The maximum absolute atomic E-state index is 12.8. The van der Waals surface area contributed by atoms with Gasteiger partial charge in [0.1, 0.15) is 0 Å². The molecule has 4 rings (SSSR count). The van der Waals surface area contributed by atoms with Crippen LogP contribution in [0.4, 0.5) is 11.9 Å². The fourth-order valence-electron chi connectivity index (χ4n) is 3.61. The lowest BCUT2D eigenvalue weighted by Gasteiger charge is -2.35. The largest absolute Gasteiger partial charge is 0.338 e. The highest BCUT2D eigenvalue weighted by Gasteiger charge is 2.24. The summed E-state index contributed by atoms with van der Waals surface area (Å²) in [6.07, 6.45) is 6.79. The van der Waals surface area contributed by atoms with E-state index in [1.54, 1.807) is 30.9 Å². The number of likely N-dealkylation sites (N-methyl/N-ethyl adjacent to an activating group) is 1. The minimum atomic E-state index is -0.0176. The van der Waals surface area contributed by atoms with Gasteiger partial charge in [0, 0.05) is 77.1 Å². The Balaban J connectivity index is 1.33. The zero-order valence-corrected chi connectivity index (χ0v) is 16.2. The molecule has 0 saturated carbocycles. The molecule has 0 unspecified atom stereocenters. The Labute approximate surface area is 165 Å². The van der Waals surface area contributed by atoms with Crippen LogP contribution in [0.3, 0.4) is 0 Å². The Morgan fingerprint density at radius 3 is 1.93 bits per heavy atom. The summed E-state index contributed by atoms with van der Waals surface area (Å²) in [5.74, 6) is 1.40. The van der Waals surface area contributed by atoms with Gasteiger partial charge in [-0.15, -0.1) is 0 Å². The molecule has 0 spiro atoms. The van der Waals surface area contributed by atoms with Gasteiger partial charge in [-0.1, -0.05) is 6.92 Å². The lowest BCUT2D eigenvalue weighted by atomic mass is 10.2. The number of carbonyl (C=O) groups excluding carboxylic acids is 1. The molecule has 0 aliphatic carbocycles. The van der Waals surface area contributed by atoms with Crippen molar-refractivity contribution in [3.63, 3.8) is 0 Å². The second-order valence-corrected chi connectivity index (χ2v) is 7.02. The molecule has 0 atom stereocenters. The van der Waals surface area contributed by atoms with E-state index >= 15 is 0 Å². The minimum Gasteiger partial charge on any atom is -0.338 e. The van der Waals surface area contributed by atoms with Crippen molar-refractivity contribution in [2.24, 2.45) is 0 Å². The summed E-state index contributed by atoms with van der Waals surface area (Å²) in [4.78, 5) is 38.8. The van der Waals surface area contributed by atoms with Crippen molar-refractivity contribution in [1.29, 1.82) is 0 Å². The lowest BCUT2D eigenvalue weighted by molar-refractivity contribution is 0.0745. The summed E-state index contributed by atoms with van der Waals surface area (Å²) >= 11 is 0. The van der Waals surface area contributed by atoms with Crippen LogP contribution in [-0.4, -0.2) is 94.5 Å². The molecular formula is C19H26N8O. The van der Waals surface area contributed by atoms with Crippen LogP contribution in [0.25, 0.3) is 0 Å². The third kappa shape index (κ3) is 4.04. The van der Waals surface area contributed by atoms with Crippen LogP contribution in [0, 0.1) is 0 Å². The number of carbonyl (C=O) groups is 1. The first-order chi connectivity index (χ1) is 13.7. The van der Waals surface area contributed by atoms with E-state index < -0.39 is 0 Å². The highest BCUT2D eigenvalue weighted by Crippen LogP contribution is 2.14. The minimum absolute atomic E-state index is 0.0176. The second-order valence-electron chi connectivity index (χ2n) is 7.02. The zero-order valence-electron chi connectivity index (χ0n) is 16.2. The molecule has 4 heterocycles. The van der Waals surface area contributed by atoms with Crippen molar-refractivity contribution in [2.45, 2.75) is 6.92 Å². The van der Waals surface area contributed by atoms with Crippen molar-refractivity contribution in [2.75, 3.05) is 68.7 Å². The van der Waals surface area contributed by atoms with E-state index in [2.05, 4.69) is 41.6 Å². The maximum Gasteiger partial charge on any atom is 0.257 e. The molecular weight excluding hydrogens is 356 g/mol. The van der Waals surface area contributed by atoms with Gasteiger partial charge in [-0.05, 0) is 12.6 Å². The summed E-state index contributed by atoms with van der Waals surface area (Å²) in [6.45, 7) is 9.86. The molecule has 9 nitrogen and oxygen atoms in total. The normalized spacial score (nSPS) is 18.4. The first-order valence-corrected chi connectivity index (χ1v) is 9.85. The number of piperazine rings is 2. The van der Waals surface area contributed by atoms with Gasteiger partial charge in [0.2, 0.25) is 11.9 Å². The maximum atomic E-state index is 12.8. The quantitative estimate of drug-likeness (QED) is 0.750. The van der Waals surface area contributed by atoms with Crippen molar-refractivity contribution < 1.29 is 4.79 Å². The SMILES string of the molecule is CCN1CCN(c2ncc(C(=O)N3CCN(c4ncccn4)CC3)cn2)CC1. The number of hydrogen-bond donors (Lipinski definition) is 0. The molecule has 1 amide bonds. The number of aromatic nitrogens is 4. The van der Waals surface area contributed by atoms with Crippen LogP contribution < -0.4 is 9.80 Å². The van der Waals surface area contributed by atoms with Crippen LogP contribution in [0.5, 0.6) is 0 Å². The average molecular weight is 382 g/mol. The standard InChI is InChI=1S/C19H26N8O/c1-2-24-6-8-26(9-7-24)19-22-14-16(15-23-19)17(28)25-10-12-27(13-11-25)18-20-4-3-5-21-18/h3-5,14-15H,2,6-13H2,1H3. The topological polar surface area (TPSA) is 81.6 Å². The molecule has 0 radical (unpaired) electrons. The molecule has 2 aromatic heterocycles. The van der Waals surface area contributed by atoms with E-state index in [0.29, 0.717) is 30.5 Å². The number of rotatable bonds is 4. The van der Waals surface area contributed by atoms with Gasteiger partial charge in [-0.3, -0.25) is 4.79 Å². The molecule has 2 fully saturated rings.